The maximum Gasteiger partial charge on any atom is 0.260 e. The molecular weight excluding hydrogens is 359 g/mol. The minimum Gasteiger partial charge on any atom is -0.385 e. The second-order valence-electron chi connectivity index (χ2n) is 6.37. The molecule has 0 atom stereocenters. The average Bonchev–Trinajstić information content (AvgIpc) is 3.07. The lowest BCUT2D eigenvalue weighted by atomic mass is 9.85. The Morgan fingerprint density at radius 2 is 1.85 bits per heavy atom. The highest BCUT2D eigenvalue weighted by Gasteiger charge is 2.39. The molecule has 2 aromatic heterocycles. The van der Waals surface area contributed by atoms with Crippen LogP contribution in [0, 0.1) is 5.82 Å². The number of aliphatic hydroxyl groups is 1. The van der Waals surface area contributed by atoms with E-state index in [1.54, 1.807) is 18.3 Å². The van der Waals surface area contributed by atoms with E-state index in [-0.39, 0.29) is 36.8 Å². The lowest BCUT2D eigenvalue weighted by Crippen LogP contribution is -2.45. The monoisotopic (exact) mass is 376 g/mol. The highest BCUT2D eigenvalue weighted by atomic mass is 32.2. The lowest BCUT2D eigenvalue weighted by molar-refractivity contribution is -0.00968. The average molecular weight is 376 g/mol. The number of aromatic nitrogens is 3. The highest BCUT2D eigenvalue weighted by molar-refractivity contribution is 7.89. The van der Waals surface area contributed by atoms with E-state index in [4.69, 9.17) is 0 Å². The first-order valence-electron chi connectivity index (χ1n) is 8.18. The van der Waals surface area contributed by atoms with E-state index in [1.165, 1.54) is 28.6 Å². The van der Waals surface area contributed by atoms with Crippen LogP contribution < -0.4 is 0 Å². The van der Waals surface area contributed by atoms with Gasteiger partial charge in [-0.05, 0) is 42.7 Å². The Bertz CT molecular complexity index is 1040. The van der Waals surface area contributed by atoms with Crippen LogP contribution >= 0.6 is 0 Å². The van der Waals surface area contributed by atoms with Crippen LogP contribution in [-0.4, -0.2) is 46.1 Å². The van der Waals surface area contributed by atoms with Gasteiger partial charge in [0.1, 0.15) is 5.82 Å². The number of hydrogen-bond donors (Lipinski definition) is 2. The van der Waals surface area contributed by atoms with Crippen molar-refractivity contribution in [3.05, 3.63) is 54.0 Å². The summed E-state index contributed by atoms with van der Waals surface area (Å²) in [7, 11) is -3.78. The molecular formula is C17H17FN4O3S. The van der Waals surface area contributed by atoms with Crippen molar-refractivity contribution >= 4 is 21.1 Å². The first-order valence-corrected chi connectivity index (χ1v) is 9.62. The van der Waals surface area contributed by atoms with Gasteiger partial charge in [0.05, 0.1) is 11.0 Å². The second-order valence-corrected chi connectivity index (χ2v) is 8.24. The molecule has 7 nitrogen and oxygen atoms in total. The summed E-state index contributed by atoms with van der Waals surface area (Å²) in [6.45, 7) is 0.300. The Hall–Kier alpha value is -2.36. The predicted octanol–water partition coefficient (Wildman–Crippen LogP) is 1.77. The third kappa shape index (κ3) is 2.77. The number of nitrogens with one attached hydrogen (secondary N) is 1. The van der Waals surface area contributed by atoms with Crippen LogP contribution in [0.4, 0.5) is 4.39 Å². The molecule has 0 radical (unpaired) electrons. The summed E-state index contributed by atoms with van der Waals surface area (Å²) in [6.07, 6.45) is 1.99. The smallest absolute Gasteiger partial charge is 0.260 e. The quantitative estimate of drug-likeness (QED) is 0.726. The zero-order chi connectivity index (χ0) is 18.4. The lowest BCUT2D eigenvalue weighted by Gasteiger charge is -2.37. The molecule has 1 aliphatic rings. The van der Waals surface area contributed by atoms with Crippen molar-refractivity contribution in [3.8, 4) is 0 Å². The van der Waals surface area contributed by atoms with Crippen LogP contribution in [0.15, 0.2) is 47.6 Å². The number of H-pyrrole nitrogens is 1. The van der Waals surface area contributed by atoms with E-state index in [0.717, 1.165) is 0 Å². The first-order chi connectivity index (χ1) is 12.4. The highest BCUT2D eigenvalue weighted by Crippen LogP contribution is 2.35. The Labute approximate surface area is 149 Å². The molecule has 3 heterocycles. The van der Waals surface area contributed by atoms with Crippen LogP contribution in [-0.2, 0) is 15.6 Å². The number of aromatic amines is 1. The molecule has 0 amide bonds. The molecule has 0 saturated carbocycles. The van der Waals surface area contributed by atoms with E-state index in [9.17, 15) is 17.9 Å². The summed E-state index contributed by atoms with van der Waals surface area (Å²) in [5.41, 5.74) is -0.241. The summed E-state index contributed by atoms with van der Waals surface area (Å²) in [4.78, 5) is 4.03. The van der Waals surface area contributed by atoms with Crippen LogP contribution in [0.2, 0.25) is 0 Å². The fourth-order valence-corrected chi connectivity index (χ4v) is 4.82. The van der Waals surface area contributed by atoms with E-state index in [2.05, 4.69) is 15.2 Å². The molecule has 2 N–H and O–H groups in total. The van der Waals surface area contributed by atoms with Gasteiger partial charge in [0, 0.05) is 19.3 Å². The minimum atomic E-state index is -3.78. The fraction of sp³-hybridized carbons (Fsp3) is 0.294. The number of piperidine rings is 1. The number of rotatable bonds is 3. The topological polar surface area (TPSA) is 99.2 Å². The van der Waals surface area contributed by atoms with Gasteiger partial charge in [0.2, 0.25) is 0 Å². The third-order valence-corrected chi connectivity index (χ3v) is 6.70. The van der Waals surface area contributed by atoms with E-state index < -0.39 is 15.6 Å². The maximum absolute atomic E-state index is 13.1. The molecule has 1 aliphatic heterocycles. The molecule has 1 saturated heterocycles. The van der Waals surface area contributed by atoms with Gasteiger partial charge < -0.3 is 5.11 Å². The summed E-state index contributed by atoms with van der Waals surface area (Å²) in [5, 5.41) is 17.8. The zero-order valence-corrected chi connectivity index (χ0v) is 14.6. The minimum absolute atomic E-state index is 0.00724. The van der Waals surface area contributed by atoms with Gasteiger partial charge in [-0.1, -0.05) is 12.1 Å². The molecule has 0 unspecified atom stereocenters. The zero-order valence-electron chi connectivity index (χ0n) is 13.8. The molecule has 0 bridgehead atoms. The molecule has 0 aliphatic carbocycles. The van der Waals surface area contributed by atoms with Crippen molar-refractivity contribution in [2.75, 3.05) is 13.1 Å². The van der Waals surface area contributed by atoms with Gasteiger partial charge in [0.15, 0.2) is 10.7 Å². The van der Waals surface area contributed by atoms with Gasteiger partial charge >= 0.3 is 0 Å². The molecule has 9 heteroatoms. The number of benzene rings is 1. The van der Waals surface area contributed by atoms with E-state index >= 15 is 0 Å². The number of halogens is 1. The molecule has 26 heavy (non-hydrogen) atoms. The van der Waals surface area contributed by atoms with Crippen molar-refractivity contribution in [2.24, 2.45) is 0 Å². The Morgan fingerprint density at radius 3 is 2.54 bits per heavy atom. The van der Waals surface area contributed by atoms with Gasteiger partial charge in [-0.3, -0.25) is 5.10 Å². The molecule has 0 spiro atoms. The summed E-state index contributed by atoms with van der Waals surface area (Å²) in [6, 6.07) is 8.96. The van der Waals surface area contributed by atoms with E-state index in [1.807, 2.05) is 0 Å². The largest absolute Gasteiger partial charge is 0.385 e. The summed E-state index contributed by atoms with van der Waals surface area (Å²) < 4.78 is 40.3. The predicted molar refractivity (Wildman–Crippen MR) is 92.2 cm³/mol. The van der Waals surface area contributed by atoms with Crippen molar-refractivity contribution in [1.29, 1.82) is 0 Å². The Balaban J connectivity index is 1.58. The van der Waals surface area contributed by atoms with Gasteiger partial charge in [0.25, 0.3) is 10.0 Å². The van der Waals surface area contributed by atoms with Crippen molar-refractivity contribution in [1.82, 2.24) is 19.5 Å². The number of pyridine rings is 1. The number of fused-ring (bicyclic) bond motifs is 1. The Kier molecular flexibility index (Phi) is 4.02. The van der Waals surface area contributed by atoms with Crippen molar-refractivity contribution in [3.63, 3.8) is 0 Å². The maximum atomic E-state index is 13.1. The molecule has 1 fully saturated rings. The SMILES string of the molecule is O=S(=O)(c1[nH]nc2ncccc12)N1CCC(O)(c2ccc(F)cc2)CC1. The van der Waals surface area contributed by atoms with Crippen LogP contribution in [0.1, 0.15) is 18.4 Å². The third-order valence-electron chi connectivity index (χ3n) is 4.82. The number of nitrogens with zero attached hydrogens (tertiary/aromatic N) is 3. The second kappa shape index (κ2) is 6.11. The van der Waals surface area contributed by atoms with Crippen molar-refractivity contribution in [2.45, 2.75) is 23.5 Å². The van der Waals surface area contributed by atoms with E-state index in [0.29, 0.717) is 16.6 Å². The van der Waals surface area contributed by atoms with Crippen LogP contribution in [0.5, 0.6) is 0 Å². The van der Waals surface area contributed by atoms with Crippen LogP contribution in [0.3, 0.4) is 0 Å². The van der Waals surface area contributed by atoms with Crippen LogP contribution in [0.25, 0.3) is 11.0 Å². The number of sulfonamides is 1. The standard InChI is InChI=1S/C17H17FN4O3S/c18-13-5-3-12(4-6-13)17(23)7-10-22(11-8-17)26(24,25)16-14-2-1-9-19-15(14)20-21-16/h1-6,9,23H,7-8,10-11H2,(H,19,20,21). The fourth-order valence-electron chi connectivity index (χ4n) is 3.30. The van der Waals surface area contributed by atoms with Gasteiger partial charge in [-0.2, -0.15) is 9.40 Å². The van der Waals surface area contributed by atoms with Gasteiger partial charge in [-0.25, -0.2) is 17.8 Å². The molecule has 136 valence electrons. The van der Waals surface area contributed by atoms with Crippen molar-refractivity contribution < 1.29 is 17.9 Å². The first kappa shape index (κ1) is 17.1. The number of hydrogen-bond acceptors (Lipinski definition) is 5. The normalized spacial score (nSPS) is 18.2. The summed E-state index contributed by atoms with van der Waals surface area (Å²) >= 11 is 0. The molecule has 4 rings (SSSR count). The van der Waals surface area contributed by atoms with Gasteiger partial charge in [-0.15, -0.1) is 0 Å². The molecule has 3 aromatic rings. The Morgan fingerprint density at radius 1 is 1.15 bits per heavy atom. The summed E-state index contributed by atoms with van der Waals surface area (Å²) in [5.74, 6) is -0.378. The molecule has 1 aromatic carbocycles.